The molecule has 0 saturated carbocycles. The lowest BCUT2D eigenvalue weighted by molar-refractivity contribution is -0.111. The van der Waals surface area contributed by atoms with Gasteiger partial charge in [-0.05, 0) is 19.1 Å². The predicted molar refractivity (Wildman–Crippen MR) is 62.8 cm³/mol. The van der Waals surface area contributed by atoms with E-state index in [4.69, 9.17) is 4.74 Å². The van der Waals surface area contributed by atoms with E-state index in [1.54, 1.807) is 0 Å². The lowest BCUT2D eigenvalue weighted by Crippen LogP contribution is -2.37. The number of amides is 1. The fourth-order valence-electron chi connectivity index (χ4n) is 1.58. The van der Waals surface area contributed by atoms with Crippen LogP contribution in [0.1, 0.15) is 6.92 Å². The summed E-state index contributed by atoms with van der Waals surface area (Å²) in [7, 11) is 0. The highest BCUT2D eigenvalue weighted by Crippen LogP contribution is 2.08. The van der Waals surface area contributed by atoms with Gasteiger partial charge in [-0.25, -0.2) is 0 Å². The van der Waals surface area contributed by atoms with Crippen LogP contribution >= 0.6 is 0 Å². The zero-order valence-corrected chi connectivity index (χ0v) is 9.14. The molecule has 0 spiro atoms. The third kappa shape index (κ3) is 2.46. The maximum Gasteiger partial charge on any atom is 0.272 e. The van der Waals surface area contributed by atoms with Gasteiger partial charge in [-0.1, -0.05) is 18.2 Å². The van der Waals surface area contributed by atoms with Crippen LogP contribution in [-0.2, 0) is 9.53 Å². The van der Waals surface area contributed by atoms with Gasteiger partial charge in [0.15, 0.2) is 0 Å². The molecule has 1 aliphatic rings. The number of benzene rings is 1. The van der Waals surface area contributed by atoms with Crippen molar-refractivity contribution in [1.82, 2.24) is 0 Å². The van der Waals surface area contributed by atoms with Gasteiger partial charge in [0.1, 0.15) is 11.8 Å². The van der Waals surface area contributed by atoms with Crippen LogP contribution in [0.3, 0.4) is 0 Å². The number of ether oxygens (including phenoxy) is 1. The Morgan fingerprint density at radius 1 is 1.44 bits per heavy atom. The minimum absolute atomic E-state index is 0.182. The molecule has 1 heterocycles. The van der Waals surface area contributed by atoms with Crippen molar-refractivity contribution in [3.8, 4) is 0 Å². The summed E-state index contributed by atoms with van der Waals surface area (Å²) in [6.45, 7) is 2.98. The summed E-state index contributed by atoms with van der Waals surface area (Å²) in [6, 6.07) is 9.33. The van der Waals surface area contributed by atoms with Gasteiger partial charge in [-0.3, -0.25) is 9.79 Å². The second-order valence-electron chi connectivity index (χ2n) is 3.60. The number of hydrogen-bond acceptors (Lipinski definition) is 3. The van der Waals surface area contributed by atoms with Crippen LogP contribution in [0, 0.1) is 0 Å². The van der Waals surface area contributed by atoms with E-state index in [2.05, 4.69) is 10.3 Å². The first-order chi connectivity index (χ1) is 7.77. The first-order valence-corrected chi connectivity index (χ1v) is 5.30. The summed E-state index contributed by atoms with van der Waals surface area (Å²) in [6.07, 6.45) is -0.225. The lowest BCUT2D eigenvalue weighted by atomic mass is 10.2. The third-order valence-electron chi connectivity index (χ3n) is 2.39. The van der Waals surface area contributed by atoms with Crippen molar-refractivity contribution < 1.29 is 9.53 Å². The van der Waals surface area contributed by atoms with Crippen LogP contribution < -0.4 is 5.32 Å². The molecule has 0 fully saturated rings. The lowest BCUT2D eigenvalue weighted by Gasteiger charge is -2.19. The van der Waals surface area contributed by atoms with E-state index in [1.165, 1.54) is 0 Å². The number of rotatable bonds is 2. The number of hydrogen-bond donors (Lipinski definition) is 1. The van der Waals surface area contributed by atoms with Crippen LogP contribution in [0.5, 0.6) is 0 Å². The van der Waals surface area contributed by atoms with Crippen LogP contribution in [0.25, 0.3) is 0 Å². The maximum absolute atomic E-state index is 11.9. The topological polar surface area (TPSA) is 50.7 Å². The molecule has 0 radical (unpaired) electrons. The second-order valence-corrected chi connectivity index (χ2v) is 3.60. The van der Waals surface area contributed by atoms with Crippen molar-refractivity contribution in [2.24, 2.45) is 4.99 Å². The van der Waals surface area contributed by atoms with Gasteiger partial charge >= 0.3 is 0 Å². The van der Waals surface area contributed by atoms with Crippen molar-refractivity contribution in [1.29, 1.82) is 0 Å². The molecule has 1 aromatic rings. The van der Waals surface area contributed by atoms with Gasteiger partial charge in [0, 0.05) is 5.69 Å². The van der Waals surface area contributed by atoms with Crippen LogP contribution in [0.2, 0.25) is 0 Å². The Labute approximate surface area is 94.3 Å². The van der Waals surface area contributed by atoms with Crippen molar-refractivity contribution in [2.45, 2.75) is 13.0 Å². The molecule has 1 aliphatic heterocycles. The fraction of sp³-hybridized carbons (Fsp3) is 0.333. The summed E-state index contributed by atoms with van der Waals surface area (Å²) in [5, 5.41) is 2.79. The molecule has 0 aromatic heterocycles. The van der Waals surface area contributed by atoms with E-state index in [-0.39, 0.29) is 12.0 Å². The van der Waals surface area contributed by atoms with Crippen molar-refractivity contribution in [3.05, 3.63) is 30.3 Å². The summed E-state index contributed by atoms with van der Waals surface area (Å²) in [5.74, 6) is -0.182. The zero-order valence-electron chi connectivity index (χ0n) is 9.14. The highest BCUT2D eigenvalue weighted by atomic mass is 16.5. The second kappa shape index (κ2) is 4.90. The predicted octanol–water partition coefficient (Wildman–Crippen LogP) is 1.48. The third-order valence-corrected chi connectivity index (χ3v) is 2.39. The van der Waals surface area contributed by atoms with Gasteiger partial charge in [-0.2, -0.15) is 0 Å². The van der Waals surface area contributed by atoms with E-state index in [9.17, 15) is 4.79 Å². The van der Waals surface area contributed by atoms with E-state index in [0.717, 1.165) is 5.69 Å². The summed E-state index contributed by atoms with van der Waals surface area (Å²) in [4.78, 5) is 16.0. The molecule has 4 nitrogen and oxygen atoms in total. The highest BCUT2D eigenvalue weighted by molar-refractivity contribution is 6.44. The Morgan fingerprint density at radius 2 is 2.19 bits per heavy atom. The molecular formula is C12H14N2O2. The number of nitrogens with zero attached hydrogens (tertiary/aromatic N) is 1. The van der Waals surface area contributed by atoms with Gasteiger partial charge in [0.2, 0.25) is 0 Å². The molecule has 1 unspecified atom stereocenters. The molecule has 0 bridgehead atoms. The van der Waals surface area contributed by atoms with Gasteiger partial charge in [0.05, 0.1) is 13.2 Å². The van der Waals surface area contributed by atoms with Crippen molar-refractivity contribution >= 4 is 17.3 Å². The highest BCUT2D eigenvalue weighted by Gasteiger charge is 2.22. The number of nitrogens with one attached hydrogen (secondary N) is 1. The Balaban J connectivity index is 2.06. The largest absolute Gasteiger partial charge is 0.370 e. The number of para-hydroxylation sites is 1. The molecule has 4 heteroatoms. The molecule has 1 amide bonds. The minimum atomic E-state index is -0.225. The summed E-state index contributed by atoms with van der Waals surface area (Å²) < 4.78 is 5.36. The summed E-state index contributed by atoms with van der Waals surface area (Å²) in [5.41, 5.74) is 1.24. The van der Waals surface area contributed by atoms with Crippen LogP contribution in [0.4, 0.5) is 5.69 Å². The SMILES string of the molecule is CC1OCCN=C1C(=O)Nc1ccccc1. The summed E-state index contributed by atoms with van der Waals surface area (Å²) >= 11 is 0. The monoisotopic (exact) mass is 218 g/mol. The Kier molecular flexibility index (Phi) is 3.31. The van der Waals surface area contributed by atoms with Gasteiger partial charge < -0.3 is 10.1 Å². The molecule has 1 aromatic carbocycles. The molecule has 2 rings (SSSR count). The van der Waals surface area contributed by atoms with E-state index >= 15 is 0 Å². The quantitative estimate of drug-likeness (QED) is 0.817. The van der Waals surface area contributed by atoms with Crippen molar-refractivity contribution in [2.75, 3.05) is 18.5 Å². The average Bonchev–Trinajstić information content (AvgIpc) is 2.31. The number of carbonyl (C=O) groups is 1. The number of carbonyl (C=O) groups excluding carboxylic acids is 1. The number of anilines is 1. The molecule has 84 valence electrons. The maximum atomic E-state index is 11.9. The molecule has 0 saturated heterocycles. The van der Waals surface area contributed by atoms with E-state index in [1.807, 2.05) is 37.3 Å². The molecule has 1 N–H and O–H groups in total. The first kappa shape index (κ1) is 10.8. The van der Waals surface area contributed by atoms with Crippen LogP contribution in [0.15, 0.2) is 35.3 Å². The van der Waals surface area contributed by atoms with E-state index in [0.29, 0.717) is 18.9 Å². The standard InChI is InChI=1S/C12H14N2O2/c1-9-11(13-7-8-16-9)12(15)14-10-5-3-2-4-6-10/h2-6,9H,7-8H2,1H3,(H,14,15). The molecule has 16 heavy (non-hydrogen) atoms. The Bertz CT molecular complexity index is 401. The minimum Gasteiger partial charge on any atom is -0.370 e. The average molecular weight is 218 g/mol. The molecular weight excluding hydrogens is 204 g/mol. The Morgan fingerprint density at radius 3 is 2.88 bits per heavy atom. The Hall–Kier alpha value is -1.68. The molecule has 1 atom stereocenters. The van der Waals surface area contributed by atoms with Gasteiger partial charge in [0.25, 0.3) is 5.91 Å². The van der Waals surface area contributed by atoms with Crippen LogP contribution in [-0.4, -0.2) is 30.9 Å². The smallest absolute Gasteiger partial charge is 0.272 e. The van der Waals surface area contributed by atoms with Gasteiger partial charge in [-0.15, -0.1) is 0 Å². The number of aliphatic imine (C=N–C) groups is 1. The van der Waals surface area contributed by atoms with E-state index < -0.39 is 0 Å². The first-order valence-electron chi connectivity index (χ1n) is 5.30. The van der Waals surface area contributed by atoms with Crippen molar-refractivity contribution in [3.63, 3.8) is 0 Å². The zero-order chi connectivity index (χ0) is 11.4. The fourth-order valence-corrected chi connectivity index (χ4v) is 1.58. The molecule has 0 aliphatic carbocycles. The normalized spacial score (nSPS) is 20.1.